The van der Waals surface area contributed by atoms with Crippen LogP contribution >= 0.6 is 0 Å². The first-order valence-electron chi connectivity index (χ1n) is 5.46. The minimum absolute atomic E-state index is 0.472. The molecule has 0 amide bonds. The molecule has 1 nitrogen and oxygen atoms in total. The Kier molecular flexibility index (Phi) is 4.81. The third kappa shape index (κ3) is 4.87. The lowest BCUT2D eigenvalue weighted by Crippen LogP contribution is -1.96. The van der Waals surface area contributed by atoms with Crippen molar-refractivity contribution in [1.82, 2.24) is 0 Å². The molecule has 0 unspecified atom stereocenters. The van der Waals surface area contributed by atoms with E-state index < -0.39 is 0 Å². The summed E-state index contributed by atoms with van der Waals surface area (Å²) < 4.78 is 0. The average Bonchev–Trinajstić information content (AvgIpc) is 2.14. The highest BCUT2D eigenvalue weighted by atomic mass is 16.1. The van der Waals surface area contributed by atoms with E-state index in [1.54, 1.807) is 0 Å². The van der Waals surface area contributed by atoms with Gasteiger partial charge in [-0.05, 0) is 45.4 Å². The van der Waals surface area contributed by atoms with Crippen LogP contribution in [0.1, 0.15) is 58.3 Å². The molecule has 0 saturated heterocycles. The summed E-state index contributed by atoms with van der Waals surface area (Å²) >= 11 is 0. The van der Waals surface area contributed by atoms with Crippen LogP contribution < -0.4 is 0 Å². The number of allylic oxidation sites excluding steroid dienone is 2. The van der Waals surface area contributed by atoms with Gasteiger partial charge in [0.05, 0.1) is 0 Å². The first-order valence-corrected chi connectivity index (χ1v) is 5.46. The van der Waals surface area contributed by atoms with Gasteiger partial charge in [0, 0.05) is 12.8 Å². The van der Waals surface area contributed by atoms with Gasteiger partial charge in [0.2, 0.25) is 0 Å². The molecule has 0 fully saturated rings. The monoisotopic (exact) mass is 180 g/mol. The fourth-order valence-corrected chi connectivity index (χ4v) is 1.77. The summed E-state index contributed by atoms with van der Waals surface area (Å²) in [6.07, 6.45) is 10.9. The Morgan fingerprint density at radius 3 is 2.38 bits per heavy atom. The van der Waals surface area contributed by atoms with Gasteiger partial charge in [-0.1, -0.05) is 11.6 Å². The van der Waals surface area contributed by atoms with Crippen LogP contribution in [0, 0.1) is 0 Å². The molecule has 0 atom stereocenters. The Morgan fingerprint density at radius 1 is 1.00 bits per heavy atom. The summed E-state index contributed by atoms with van der Waals surface area (Å²) in [5.41, 5.74) is 1.51. The van der Waals surface area contributed by atoms with E-state index in [4.69, 9.17) is 0 Å². The van der Waals surface area contributed by atoms with E-state index in [9.17, 15) is 4.79 Å². The Labute approximate surface area is 81.2 Å². The van der Waals surface area contributed by atoms with Gasteiger partial charge in [-0.3, -0.25) is 4.79 Å². The third-order valence-corrected chi connectivity index (χ3v) is 2.68. The van der Waals surface area contributed by atoms with Crippen LogP contribution in [0.3, 0.4) is 0 Å². The van der Waals surface area contributed by atoms with Crippen LogP contribution in [0.25, 0.3) is 0 Å². The molecule has 1 heteroatoms. The van der Waals surface area contributed by atoms with E-state index in [0.29, 0.717) is 5.78 Å². The average molecular weight is 180 g/mol. The third-order valence-electron chi connectivity index (χ3n) is 2.68. The number of hydrogen-bond donors (Lipinski definition) is 0. The summed E-state index contributed by atoms with van der Waals surface area (Å²) in [6, 6.07) is 0. The standard InChI is InChI=1S/C12H20O/c1-11-7-3-2-4-9-12(13)10-6-5-8-11/h7H,2-6,8-10H2,1H3/b11-7-. The molecular weight excluding hydrogens is 160 g/mol. The van der Waals surface area contributed by atoms with Crippen molar-refractivity contribution in [3.8, 4) is 0 Å². The zero-order valence-electron chi connectivity index (χ0n) is 8.64. The van der Waals surface area contributed by atoms with Gasteiger partial charge in [0.15, 0.2) is 0 Å². The molecule has 0 N–H and O–H groups in total. The van der Waals surface area contributed by atoms with Crippen LogP contribution in [0.5, 0.6) is 0 Å². The Morgan fingerprint density at radius 2 is 1.62 bits per heavy atom. The lowest BCUT2D eigenvalue weighted by molar-refractivity contribution is -0.119. The minimum atomic E-state index is 0.472. The van der Waals surface area contributed by atoms with Crippen LogP contribution in [0.15, 0.2) is 11.6 Å². The van der Waals surface area contributed by atoms with Crippen molar-refractivity contribution in [1.29, 1.82) is 0 Å². The number of hydrogen-bond acceptors (Lipinski definition) is 1. The Balaban J connectivity index is 2.36. The lowest BCUT2D eigenvalue weighted by atomic mass is 10.1. The predicted molar refractivity (Wildman–Crippen MR) is 55.7 cm³/mol. The molecule has 0 heterocycles. The van der Waals surface area contributed by atoms with E-state index in [0.717, 1.165) is 25.7 Å². The van der Waals surface area contributed by atoms with Gasteiger partial charge in [0.25, 0.3) is 0 Å². The summed E-state index contributed by atoms with van der Waals surface area (Å²) in [5.74, 6) is 0.472. The fourth-order valence-electron chi connectivity index (χ4n) is 1.77. The molecule has 1 aliphatic carbocycles. The zero-order valence-corrected chi connectivity index (χ0v) is 8.64. The van der Waals surface area contributed by atoms with E-state index in [2.05, 4.69) is 13.0 Å². The number of carbonyl (C=O) groups is 1. The number of carbonyl (C=O) groups excluding carboxylic acids is 1. The van der Waals surface area contributed by atoms with Crippen molar-refractivity contribution in [3.63, 3.8) is 0 Å². The molecule has 74 valence electrons. The quantitative estimate of drug-likeness (QED) is 0.520. The van der Waals surface area contributed by atoms with Gasteiger partial charge in [-0.25, -0.2) is 0 Å². The molecule has 0 aromatic heterocycles. The number of rotatable bonds is 0. The normalized spacial score (nSPS) is 25.9. The molecule has 0 aromatic carbocycles. The highest BCUT2D eigenvalue weighted by Crippen LogP contribution is 2.14. The van der Waals surface area contributed by atoms with Gasteiger partial charge < -0.3 is 0 Å². The van der Waals surface area contributed by atoms with Crippen molar-refractivity contribution in [2.75, 3.05) is 0 Å². The minimum Gasteiger partial charge on any atom is -0.300 e. The van der Waals surface area contributed by atoms with Crippen molar-refractivity contribution >= 4 is 5.78 Å². The molecular formula is C12H20O. The summed E-state index contributed by atoms with van der Waals surface area (Å²) in [4.78, 5) is 11.3. The van der Waals surface area contributed by atoms with E-state index >= 15 is 0 Å². The second kappa shape index (κ2) is 5.95. The molecule has 0 radical (unpaired) electrons. The first-order chi connectivity index (χ1) is 6.29. The highest BCUT2D eigenvalue weighted by molar-refractivity contribution is 5.78. The second-order valence-electron chi connectivity index (χ2n) is 4.04. The zero-order chi connectivity index (χ0) is 9.52. The molecule has 0 spiro atoms. The first kappa shape index (κ1) is 10.5. The maximum atomic E-state index is 11.3. The summed E-state index contributed by atoms with van der Waals surface area (Å²) in [6.45, 7) is 2.21. The molecule has 0 bridgehead atoms. The van der Waals surface area contributed by atoms with Crippen molar-refractivity contribution in [2.24, 2.45) is 0 Å². The van der Waals surface area contributed by atoms with Crippen LogP contribution in [-0.4, -0.2) is 5.78 Å². The Hall–Kier alpha value is -0.590. The fraction of sp³-hybridized carbons (Fsp3) is 0.750. The van der Waals surface area contributed by atoms with Crippen LogP contribution in [0.2, 0.25) is 0 Å². The molecule has 0 aliphatic heterocycles. The molecule has 1 rings (SSSR count). The Bertz CT molecular complexity index is 191. The van der Waals surface area contributed by atoms with E-state index in [-0.39, 0.29) is 0 Å². The topological polar surface area (TPSA) is 17.1 Å². The van der Waals surface area contributed by atoms with Crippen molar-refractivity contribution < 1.29 is 4.79 Å². The molecule has 1 aliphatic rings. The second-order valence-corrected chi connectivity index (χ2v) is 4.04. The largest absolute Gasteiger partial charge is 0.300 e. The van der Waals surface area contributed by atoms with Gasteiger partial charge in [0.1, 0.15) is 5.78 Å². The molecule has 0 aromatic rings. The lowest BCUT2D eigenvalue weighted by Gasteiger charge is -1.99. The summed E-state index contributed by atoms with van der Waals surface area (Å²) in [7, 11) is 0. The van der Waals surface area contributed by atoms with Crippen LogP contribution in [-0.2, 0) is 4.79 Å². The number of ketones is 1. The maximum Gasteiger partial charge on any atom is 0.132 e. The van der Waals surface area contributed by atoms with Gasteiger partial charge >= 0.3 is 0 Å². The predicted octanol–water partition coefficient (Wildman–Crippen LogP) is 3.64. The summed E-state index contributed by atoms with van der Waals surface area (Å²) in [5, 5.41) is 0. The maximum absolute atomic E-state index is 11.3. The van der Waals surface area contributed by atoms with E-state index in [1.807, 2.05) is 0 Å². The van der Waals surface area contributed by atoms with Gasteiger partial charge in [-0.2, -0.15) is 0 Å². The molecule has 0 saturated carbocycles. The smallest absolute Gasteiger partial charge is 0.132 e. The van der Waals surface area contributed by atoms with Crippen LogP contribution in [0.4, 0.5) is 0 Å². The van der Waals surface area contributed by atoms with Crippen molar-refractivity contribution in [3.05, 3.63) is 11.6 Å². The van der Waals surface area contributed by atoms with Crippen molar-refractivity contribution in [2.45, 2.75) is 58.3 Å². The SMILES string of the molecule is C/C1=C/CCCCC(=O)CCCC1. The van der Waals surface area contributed by atoms with Gasteiger partial charge in [-0.15, -0.1) is 0 Å². The van der Waals surface area contributed by atoms with E-state index in [1.165, 1.54) is 31.3 Å². The molecule has 13 heavy (non-hydrogen) atoms. The highest BCUT2D eigenvalue weighted by Gasteiger charge is 2.03. The number of Topliss-reactive ketones (excluding diaryl/α,β-unsaturated/α-hetero) is 1.